The van der Waals surface area contributed by atoms with Crippen LogP contribution in [0, 0.1) is 0 Å². The second-order valence-corrected chi connectivity index (χ2v) is 7.44. The Balaban J connectivity index is 1.38. The molecular formula is C23H22N2O7. The maximum atomic E-state index is 12.7. The van der Waals surface area contributed by atoms with Crippen molar-refractivity contribution < 1.29 is 33.4 Å². The number of carbonyl (C=O) groups is 4. The molecule has 2 aromatic carbocycles. The van der Waals surface area contributed by atoms with Crippen molar-refractivity contribution in [2.45, 2.75) is 18.9 Å². The van der Waals surface area contributed by atoms with Gasteiger partial charge in [0.2, 0.25) is 0 Å². The Morgan fingerprint density at radius 2 is 1.91 bits per heavy atom. The predicted octanol–water partition coefficient (Wildman–Crippen LogP) is 2.27. The molecular weight excluding hydrogens is 416 g/mol. The van der Waals surface area contributed by atoms with Gasteiger partial charge in [-0.25, -0.2) is 4.79 Å². The molecule has 1 unspecified atom stereocenters. The van der Waals surface area contributed by atoms with Gasteiger partial charge in [-0.15, -0.1) is 0 Å². The SMILES string of the molecule is COc1ccccc1NC(=O)COC(=O)c1ccc2c(c1)C(=O)N(CC1CCCO1)C2=O. The van der Waals surface area contributed by atoms with E-state index < -0.39 is 30.3 Å². The number of methoxy groups -OCH3 is 1. The zero-order valence-electron chi connectivity index (χ0n) is 17.5. The first kappa shape index (κ1) is 21.5. The van der Waals surface area contributed by atoms with Crippen molar-refractivity contribution in [1.29, 1.82) is 0 Å². The number of fused-ring (bicyclic) bond motifs is 1. The van der Waals surface area contributed by atoms with Gasteiger partial charge in [0.15, 0.2) is 6.61 Å². The van der Waals surface area contributed by atoms with Crippen molar-refractivity contribution in [3.05, 3.63) is 59.2 Å². The Bertz CT molecular complexity index is 1080. The summed E-state index contributed by atoms with van der Waals surface area (Å²) in [5.41, 5.74) is 0.900. The molecule has 3 amide bonds. The highest BCUT2D eigenvalue weighted by Gasteiger charge is 2.38. The number of anilines is 1. The molecule has 1 atom stereocenters. The number of hydrogen-bond acceptors (Lipinski definition) is 7. The molecule has 1 N–H and O–H groups in total. The van der Waals surface area contributed by atoms with E-state index in [1.54, 1.807) is 24.3 Å². The van der Waals surface area contributed by atoms with Gasteiger partial charge in [-0.2, -0.15) is 0 Å². The van der Waals surface area contributed by atoms with Crippen LogP contribution in [0.1, 0.15) is 43.9 Å². The van der Waals surface area contributed by atoms with E-state index in [2.05, 4.69) is 5.32 Å². The molecule has 1 fully saturated rings. The lowest BCUT2D eigenvalue weighted by Crippen LogP contribution is -2.36. The van der Waals surface area contributed by atoms with Gasteiger partial charge in [-0.1, -0.05) is 12.1 Å². The number of carbonyl (C=O) groups excluding carboxylic acids is 4. The molecule has 9 nitrogen and oxygen atoms in total. The molecule has 0 radical (unpaired) electrons. The minimum absolute atomic E-state index is 0.0777. The van der Waals surface area contributed by atoms with Crippen LogP contribution < -0.4 is 10.1 Å². The van der Waals surface area contributed by atoms with Crippen molar-refractivity contribution in [1.82, 2.24) is 4.90 Å². The van der Waals surface area contributed by atoms with Crippen LogP contribution in [-0.2, 0) is 14.3 Å². The number of nitrogens with zero attached hydrogens (tertiary/aromatic N) is 1. The third-order valence-electron chi connectivity index (χ3n) is 5.33. The zero-order valence-corrected chi connectivity index (χ0v) is 17.5. The lowest BCUT2D eigenvalue weighted by atomic mass is 10.1. The third-order valence-corrected chi connectivity index (χ3v) is 5.33. The van der Waals surface area contributed by atoms with Crippen LogP contribution in [0.3, 0.4) is 0 Å². The highest BCUT2D eigenvalue weighted by atomic mass is 16.5. The summed E-state index contributed by atoms with van der Waals surface area (Å²) in [6, 6.07) is 11.0. The van der Waals surface area contributed by atoms with Gasteiger partial charge < -0.3 is 19.5 Å². The highest BCUT2D eigenvalue weighted by Crippen LogP contribution is 2.26. The largest absolute Gasteiger partial charge is 0.495 e. The van der Waals surface area contributed by atoms with Crippen LogP contribution in [0.15, 0.2) is 42.5 Å². The summed E-state index contributed by atoms with van der Waals surface area (Å²) in [5.74, 6) is -1.72. The number of hydrogen-bond donors (Lipinski definition) is 1. The smallest absolute Gasteiger partial charge is 0.338 e. The normalized spacial score (nSPS) is 17.3. The number of benzene rings is 2. The Morgan fingerprint density at radius 1 is 1.12 bits per heavy atom. The monoisotopic (exact) mass is 438 g/mol. The molecule has 2 aromatic rings. The Labute approximate surface area is 184 Å². The lowest BCUT2D eigenvalue weighted by molar-refractivity contribution is -0.119. The summed E-state index contributed by atoms with van der Waals surface area (Å²) in [7, 11) is 1.48. The fourth-order valence-corrected chi connectivity index (χ4v) is 3.72. The van der Waals surface area contributed by atoms with Crippen LogP contribution in [0.2, 0.25) is 0 Å². The Morgan fingerprint density at radius 3 is 2.66 bits per heavy atom. The Hall–Kier alpha value is -3.72. The minimum Gasteiger partial charge on any atom is -0.495 e. The predicted molar refractivity (Wildman–Crippen MR) is 113 cm³/mol. The number of rotatable bonds is 7. The van der Waals surface area contributed by atoms with Crippen LogP contribution in [0.5, 0.6) is 5.75 Å². The van der Waals surface area contributed by atoms with Gasteiger partial charge in [-0.05, 0) is 43.2 Å². The maximum Gasteiger partial charge on any atom is 0.338 e. The van der Waals surface area contributed by atoms with Crippen molar-refractivity contribution in [3.63, 3.8) is 0 Å². The lowest BCUT2D eigenvalue weighted by Gasteiger charge is -2.17. The first-order chi connectivity index (χ1) is 15.5. The molecule has 166 valence electrons. The molecule has 0 bridgehead atoms. The number of ether oxygens (including phenoxy) is 3. The fourth-order valence-electron chi connectivity index (χ4n) is 3.72. The zero-order chi connectivity index (χ0) is 22.7. The van der Waals surface area contributed by atoms with Crippen molar-refractivity contribution in [2.75, 3.05) is 32.2 Å². The number of esters is 1. The minimum atomic E-state index is -0.777. The molecule has 2 heterocycles. The van der Waals surface area contributed by atoms with E-state index >= 15 is 0 Å². The van der Waals surface area contributed by atoms with Crippen LogP contribution >= 0.6 is 0 Å². The van der Waals surface area contributed by atoms with Gasteiger partial charge in [0.1, 0.15) is 5.75 Å². The van der Waals surface area contributed by atoms with E-state index in [0.29, 0.717) is 18.0 Å². The highest BCUT2D eigenvalue weighted by molar-refractivity contribution is 6.22. The quantitative estimate of drug-likeness (QED) is 0.521. The summed E-state index contributed by atoms with van der Waals surface area (Å²) >= 11 is 0. The van der Waals surface area contributed by atoms with Crippen molar-refractivity contribution in [2.24, 2.45) is 0 Å². The van der Waals surface area contributed by atoms with Gasteiger partial charge in [-0.3, -0.25) is 19.3 Å². The van der Waals surface area contributed by atoms with E-state index in [0.717, 1.165) is 17.7 Å². The molecule has 2 aliphatic rings. The molecule has 9 heteroatoms. The van der Waals surface area contributed by atoms with Crippen LogP contribution in [0.4, 0.5) is 5.69 Å². The molecule has 0 aromatic heterocycles. The van der Waals surface area contributed by atoms with E-state index in [9.17, 15) is 19.2 Å². The fraction of sp³-hybridized carbons (Fsp3) is 0.304. The summed E-state index contributed by atoms with van der Waals surface area (Å²) in [5, 5.41) is 2.60. The van der Waals surface area contributed by atoms with Gasteiger partial charge in [0.25, 0.3) is 17.7 Å². The van der Waals surface area contributed by atoms with E-state index in [-0.39, 0.29) is 29.3 Å². The van der Waals surface area contributed by atoms with E-state index in [1.807, 2.05) is 0 Å². The first-order valence-corrected chi connectivity index (χ1v) is 10.2. The third kappa shape index (κ3) is 4.33. The van der Waals surface area contributed by atoms with E-state index in [1.165, 1.54) is 25.3 Å². The maximum absolute atomic E-state index is 12.7. The standard InChI is InChI=1S/C23H22N2O7/c1-30-19-7-3-2-6-18(19)24-20(26)13-32-23(29)14-8-9-16-17(11-14)22(28)25(21(16)27)12-15-5-4-10-31-15/h2-3,6-9,11,15H,4-5,10,12-13H2,1H3,(H,24,26). The molecule has 4 rings (SSSR count). The number of nitrogens with one attached hydrogen (secondary N) is 1. The topological polar surface area (TPSA) is 111 Å². The first-order valence-electron chi connectivity index (χ1n) is 10.2. The number of amides is 3. The summed E-state index contributed by atoms with van der Waals surface area (Å²) in [6.45, 7) is 0.287. The summed E-state index contributed by atoms with van der Waals surface area (Å²) in [4.78, 5) is 51.0. The van der Waals surface area contributed by atoms with Crippen molar-refractivity contribution >= 4 is 29.4 Å². The summed E-state index contributed by atoms with van der Waals surface area (Å²) in [6.07, 6.45) is 1.53. The molecule has 0 aliphatic carbocycles. The summed E-state index contributed by atoms with van der Waals surface area (Å²) < 4.78 is 15.7. The molecule has 2 aliphatic heterocycles. The Kier molecular flexibility index (Phi) is 6.18. The molecule has 32 heavy (non-hydrogen) atoms. The molecule has 0 saturated carbocycles. The molecule has 1 saturated heterocycles. The molecule has 0 spiro atoms. The second-order valence-electron chi connectivity index (χ2n) is 7.44. The average molecular weight is 438 g/mol. The second kappa shape index (κ2) is 9.19. The van der Waals surface area contributed by atoms with E-state index in [4.69, 9.17) is 14.2 Å². The van der Waals surface area contributed by atoms with Gasteiger partial charge in [0.05, 0.1) is 42.1 Å². The number of imide groups is 1. The van der Waals surface area contributed by atoms with Gasteiger partial charge >= 0.3 is 5.97 Å². The van der Waals surface area contributed by atoms with Crippen molar-refractivity contribution in [3.8, 4) is 5.75 Å². The number of para-hydroxylation sites is 2. The average Bonchev–Trinajstić information content (AvgIpc) is 3.40. The van der Waals surface area contributed by atoms with Gasteiger partial charge in [0, 0.05) is 6.61 Å². The van der Waals surface area contributed by atoms with Crippen LogP contribution in [0.25, 0.3) is 0 Å². The van der Waals surface area contributed by atoms with Crippen LogP contribution in [-0.4, -0.2) is 61.6 Å².